The molecular weight excluding hydrogens is 356 g/mol. The Labute approximate surface area is 154 Å². The maximum atomic E-state index is 12.2. The smallest absolute Gasteiger partial charge is 0.261 e. The second-order valence-corrected chi connectivity index (χ2v) is 7.75. The topological polar surface area (TPSA) is 110 Å². The summed E-state index contributed by atoms with van der Waals surface area (Å²) < 4.78 is 1.65. The molecule has 0 bridgehead atoms. The van der Waals surface area contributed by atoms with E-state index in [0.29, 0.717) is 22.0 Å². The molecule has 0 saturated heterocycles. The van der Waals surface area contributed by atoms with E-state index in [2.05, 4.69) is 20.8 Å². The summed E-state index contributed by atoms with van der Waals surface area (Å²) in [6, 6.07) is 4.66. The Hall–Kier alpha value is -2.75. The molecule has 1 aromatic heterocycles. The van der Waals surface area contributed by atoms with Crippen LogP contribution in [0.4, 0.5) is 5.69 Å². The molecule has 0 aliphatic carbocycles. The molecule has 1 aromatic carbocycles. The van der Waals surface area contributed by atoms with Crippen LogP contribution >= 0.6 is 11.8 Å². The van der Waals surface area contributed by atoms with Crippen molar-refractivity contribution >= 4 is 35.2 Å². The van der Waals surface area contributed by atoms with Crippen LogP contribution in [-0.4, -0.2) is 55.6 Å². The van der Waals surface area contributed by atoms with Gasteiger partial charge in [0.25, 0.3) is 11.8 Å². The number of carbonyl (C=O) groups is 3. The molecule has 1 N–H and O–H groups in total. The van der Waals surface area contributed by atoms with Crippen molar-refractivity contribution in [3.63, 3.8) is 0 Å². The standard InChI is InChI=1S/C16H18N6O3S/c1-16(2,3)22-15(18-19-20-22)26-8-12(23)17-9-5-6-10-11(7-9)14(25)21(4)13(10)24/h5-7H,8H2,1-4H3,(H,17,23). The summed E-state index contributed by atoms with van der Waals surface area (Å²) in [6.45, 7) is 5.90. The summed E-state index contributed by atoms with van der Waals surface area (Å²) in [5, 5.41) is 14.8. The lowest BCUT2D eigenvalue weighted by atomic mass is 10.1. The molecule has 10 heteroatoms. The fourth-order valence-corrected chi connectivity index (χ4v) is 3.32. The molecule has 0 unspecified atom stereocenters. The maximum absolute atomic E-state index is 12.2. The minimum absolute atomic E-state index is 0.111. The van der Waals surface area contributed by atoms with Gasteiger partial charge in [-0.2, -0.15) is 0 Å². The average molecular weight is 374 g/mol. The van der Waals surface area contributed by atoms with Crippen molar-refractivity contribution in [2.24, 2.45) is 0 Å². The third-order valence-corrected chi connectivity index (χ3v) is 4.70. The number of imide groups is 1. The second kappa shape index (κ2) is 6.52. The van der Waals surface area contributed by atoms with Gasteiger partial charge in [0.1, 0.15) is 0 Å². The average Bonchev–Trinajstić information content (AvgIpc) is 3.13. The number of nitrogens with zero attached hydrogens (tertiary/aromatic N) is 5. The lowest BCUT2D eigenvalue weighted by Crippen LogP contribution is -2.24. The number of aromatic nitrogens is 4. The largest absolute Gasteiger partial charge is 0.325 e. The summed E-state index contributed by atoms with van der Waals surface area (Å²) >= 11 is 1.22. The molecule has 0 saturated carbocycles. The summed E-state index contributed by atoms with van der Waals surface area (Å²) in [6.07, 6.45) is 0. The van der Waals surface area contributed by atoms with Gasteiger partial charge >= 0.3 is 0 Å². The van der Waals surface area contributed by atoms with Crippen LogP contribution in [0.2, 0.25) is 0 Å². The Morgan fingerprint density at radius 2 is 1.88 bits per heavy atom. The van der Waals surface area contributed by atoms with Crippen molar-refractivity contribution in [1.29, 1.82) is 0 Å². The Bertz CT molecular complexity index is 902. The van der Waals surface area contributed by atoms with E-state index in [9.17, 15) is 14.4 Å². The van der Waals surface area contributed by atoms with Crippen molar-refractivity contribution in [3.8, 4) is 0 Å². The number of thioether (sulfide) groups is 1. The van der Waals surface area contributed by atoms with Crippen LogP contribution < -0.4 is 5.32 Å². The Morgan fingerprint density at radius 3 is 2.58 bits per heavy atom. The molecule has 26 heavy (non-hydrogen) atoms. The normalized spacial score (nSPS) is 13.9. The molecule has 9 nitrogen and oxygen atoms in total. The molecule has 0 fully saturated rings. The molecular formula is C16H18N6O3S. The molecule has 136 valence electrons. The Morgan fingerprint density at radius 1 is 1.19 bits per heavy atom. The summed E-state index contributed by atoms with van der Waals surface area (Å²) in [4.78, 5) is 37.2. The van der Waals surface area contributed by atoms with Gasteiger partial charge in [-0.3, -0.25) is 19.3 Å². The first-order chi connectivity index (χ1) is 12.2. The van der Waals surface area contributed by atoms with E-state index in [-0.39, 0.29) is 29.0 Å². The van der Waals surface area contributed by atoms with Crippen LogP contribution in [0.1, 0.15) is 41.5 Å². The van der Waals surface area contributed by atoms with Gasteiger partial charge < -0.3 is 5.32 Å². The molecule has 1 aliphatic rings. The summed E-state index contributed by atoms with van der Waals surface area (Å²) in [7, 11) is 1.43. The van der Waals surface area contributed by atoms with Crippen molar-refractivity contribution in [2.45, 2.75) is 31.5 Å². The Kier molecular flexibility index (Phi) is 4.53. The number of fused-ring (bicyclic) bond motifs is 1. The zero-order valence-electron chi connectivity index (χ0n) is 14.8. The number of tetrazole rings is 1. The molecule has 3 amide bonds. The van der Waals surface area contributed by atoms with E-state index >= 15 is 0 Å². The lowest BCUT2D eigenvalue weighted by molar-refractivity contribution is -0.113. The maximum Gasteiger partial charge on any atom is 0.261 e. The van der Waals surface area contributed by atoms with Gasteiger partial charge in [0.2, 0.25) is 11.1 Å². The van der Waals surface area contributed by atoms with Crippen LogP contribution in [0.15, 0.2) is 23.4 Å². The fourth-order valence-electron chi connectivity index (χ4n) is 2.46. The number of amides is 3. The highest BCUT2D eigenvalue weighted by molar-refractivity contribution is 7.99. The van der Waals surface area contributed by atoms with Crippen LogP contribution in [0.25, 0.3) is 0 Å². The van der Waals surface area contributed by atoms with E-state index in [4.69, 9.17) is 0 Å². The zero-order valence-corrected chi connectivity index (χ0v) is 15.6. The van der Waals surface area contributed by atoms with E-state index in [0.717, 1.165) is 4.90 Å². The first kappa shape index (κ1) is 18.1. The number of hydrogen-bond donors (Lipinski definition) is 1. The molecule has 0 spiro atoms. The number of anilines is 1. The van der Waals surface area contributed by atoms with E-state index in [1.54, 1.807) is 16.8 Å². The Balaban J connectivity index is 1.66. The van der Waals surface area contributed by atoms with Gasteiger partial charge in [-0.1, -0.05) is 11.8 Å². The van der Waals surface area contributed by atoms with Gasteiger partial charge in [0, 0.05) is 12.7 Å². The first-order valence-corrected chi connectivity index (χ1v) is 8.85. The fraction of sp³-hybridized carbons (Fsp3) is 0.375. The zero-order chi connectivity index (χ0) is 19.1. The second-order valence-electron chi connectivity index (χ2n) is 6.81. The van der Waals surface area contributed by atoms with Gasteiger partial charge in [0.05, 0.1) is 22.4 Å². The summed E-state index contributed by atoms with van der Waals surface area (Å²) in [5.41, 5.74) is 0.802. The quantitative estimate of drug-likeness (QED) is 0.636. The van der Waals surface area contributed by atoms with Crippen LogP contribution in [-0.2, 0) is 10.3 Å². The molecule has 2 aromatic rings. The monoisotopic (exact) mass is 374 g/mol. The molecule has 1 aliphatic heterocycles. The van der Waals surface area contributed by atoms with E-state index < -0.39 is 0 Å². The first-order valence-electron chi connectivity index (χ1n) is 7.86. The van der Waals surface area contributed by atoms with Crippen molar-refractivity contribution in [1.82, 2.24) is 25.1 Å². The van der Waals surface area contributed by atoms with Gasteiger partial charge in [-0.25, -0.2) is 4.68 Å². The van der Waals surface area contributed by atoms with Crippen molar-refractivity contribution < 1.29 is 14.4 Å². The molecule has 2 heterocycles. The number of nitrogens with one attached hydrogen (secondary N) is 1. The van der Waals surface area contributed by atoms with Crippen LogP contribution in [0, 0.1) is 0 Å². The number of rotatable bonds is 4. The van der Waals surface area contributed by atoms with Crippen molar-refractivity contribution in [3.05, 3.63) is 29.3 Å². The van der Waals surface area contributed by atoms with Gasteiger partial charge in [-0.15, -0.1) is 5.10 Å². The molecule has 0 atom stereocenters. The lowest BCUT2D eigenvalue weighted by Gasteiger charge is -2.19. The third kappa shape index (κ3) is 3.32. The van der Waals surface area contributed by atoms with Crippen LogP contribution in [0.3, 0.4) is 0 Å². The highest BCUT2D eigenvalue weighted by atomic mass is 32.2. The van der Waals surface area contributed by atoms with E-state index in [1.165, 1.54) is 24.9 Å². The minimum atomic E-state index is -0.375. The third-order valence-electron chi connectivity index (χ3n) is 3.78. The van der Waals surface area contributed by atoms with Crippen molar-refractivity contribution in [2.75, 3.05) is 18.1 Å². The van der Waals surface area contributed by atoms with Crippen LogP contribution in [0.5, 0.6) is 0 Å². The SMILES string of the molecule is CN1C(=O)c2ccc(NC(=O)CSc3nnnn3C(C)(C)C)cc2C1=O. The predicted octanol–water partition coefficient (Wildman–Crippen LogP) is 1.38. The van der Waals surface area contributed by atoms with Gasteiger partial charge in [-0.05, 0) is 49.4 Å². The number of carbonyl (C=O) groups excluding carboxylic acids is 3. The van der Waals surface area contributed by atoms with E-state index in [1.807, 2.05) is 20.8 Å². The minimum Gasteiger partial charge on any atom is -0.325 e. The molecule has 0 radical (unpaired) electrons. The number of benzene rings is 1. The predicted molar refractivity (Wildman–Crippen MR) is 95.0 cm³/mol. The highest BCUT2D eigenvalue weighted by Crippen LogP contribution is 2.25. The number of hydrogen-bond acceptors (Lipinski definition) is 7. The molecule has 3 rings (SSSR count). The summed E-state index contributed by atoms with van der Waals surface area (Å²) in [5.74, 6) is -0.865. The van der Waals surface area contributed by atoms with Gasteiger partial charge in [0.15, 0.2) is 0 Å². The highest BCUT2D eigenvalue weighted by Gasteiger charge is 2.32.